The number of nitrogens with zero attached hydrogens (tertiary/aromatic N) is 7. The fourth-order valence-corrected chi connectivity index (χ4v) is 9.18. The zero-order valence-corrected chi connectivity index (χ0v) is 28.9. The molecule has 2 aliphatic heterocycles. The van der Waals surface area contributed by atoms with Gasteiger partial charge in [-0.2, -0.15) is 5.10 Å². The monoisotopic (exact) mass is 708 g/mol. The number of amides is 1. The molecule has 5 heterocycles. The first-order chi connectivity index (χ1) is 22.6. The first kappa shape index (κ1) is 33.3. The number of rotatable bonds is 12. The fourth-order valence-electron chi connectivity index (χ4n) is 5.59. The van der Waals surface area contributed by atoms with Gasteiger partial charge in [-0.15, -0.1) is 32.9 Å². The number of amidine groups is 1. The van der Waals surface area contributed by atoms with Crippen molar-refractivity contribution >= 4 is 72.2 Å². The van der Waals surface area contributed by atoms with Crippen molar-refractivity contribution in [1.82, 2.24) is 25.6 Å². The molecule has 250 valence electrons. The van der Waals surface area contributed by atoms with Crippen molar-refractivity contribution in [2.75, 3.05) is 80.1 Å². The summed E-state index contributed by atoms with van der Waals surface area (Å²) in [4.78, 5) is 32.2. The number of thiazole rings is 2. The molecule has 0 spiro atoms. The molecule has 0 bridgehead atoms. The van der Waals surface area contributed by atoms with Gasteiger partial charge >= 0.3 is 0 Å². The van der Waals surface area contributed by atoms with Gasteiger partial charge in [-0.3, -0.25) is 9.63 Å². The zero-order valence-electron chi connectivity index (χ0n) is 25.6. The number of hydrogen-bond acceptors (Lipinski definition) is 16. The number of hydrogen-bond donors (Lipinski definition) is 3. The summed E-state index contributed by atoms with van der Waals surface area (Å²) in [5, 5.41) is 23.6. The summed E-state index contributed by atoms with van der Waals surface area (Å²) >= 11 is 6.26. The molecule has 46 heavy (non-hydrogen) atoms. The van der Waals surface area contributed by atoms with Gasteiger partial charge in [0.2, 0.25) is 16.2 Å². The summed E-state index contributed by atoms with van der Waals surface area (Å²) in [5.74, 6) is 7.20. The third-order valence-electron chi connectivity index (χ3n) is 8.00. The van der Waals surface area contributed by atoms with E-state index >= 15 is 0 Å². The van der Waals surface area contributed by atoms with E-state index in [1.54, 1.807) is 34.4 Å². The van der Waals surface area contributed by atoms with E-state index in [9.17, 15) is 4.79 Å². The van der Waals surface area contributed by atoms with Crippen molar-refractivity contribution in [2.45, 2.75) is 44.4 Å². The highest BCUT2D eigenvalue weighted by Gasteiger charge is 2.27. The van der Waals surface area contributed by atoms with Crippen LogP contribution < -0.4 is 26.4 Å². The van der Waals surface area contributed by atoms with Crippen LogP contribution >= 0.6 is 45.8 Å². The second-order valence-electron chi connectivity index (χ2n) is 11.3. The number of thioether (sulfide) groups is 1. The van der Waals surface area contributed by atoms with Gasteiger partial charge < -0.3 is 30.4 Å². The molecule has 18 heteroatoms. The van der Waals surface area contributed by atoms with Crippen molar-refractivity contribution in [1.29, 1.82) is 0 Å². The summed E-state index contributed by atoms with van der Waals surface area (Å²) < 4.78 is 10.8. The SMILES string of the molecule is N/N=C(/NOCCc1csc(N2CCOCC2)n1)SC[C@H]1CCC[C@H](c2nnc(NC(=O)Cc3csc(N4CCOCC4)n3)s2)C1. The molecule has 1 aliphatic carbocycles. The minimum absolute atomic E-state index is 0.132. The summed E-state index contributed by atoms with van der Waals surface area (Å²) in [6.45, 7) is 6.78. The standard InChI is InChI=1S/C28H40N10O4S4/c29-33-26(36-42-9-4-21-17-44-27(30-21)37-5-10-40-11-6-37)43-16-19-2-1-3-20(14-19)24-34-35-25(46-24)32-23(39)15-22-18-45-28(31-22)38-7-12-41-13-8-38/h17-20H,1-16,29H2,(H,33,36)(H,32,35,39)/t19-,20-/m0/s1. The van der Waals surface area contributed by atoms with E-state index < -0.39 is 0 Å². The molecule has 2 saturated heterocycles. The summed E-state index contributed by atoms with van der Waals surface area (Å²) in [7, 11) is 0. The highest BCUT2D eigenvalue weighted by molar-refractivity contribution is 8.13. The van der Waals surface area contributed by atoms with E-state index in [1.165, 1.54) is 11.3 Å². The van der Waals surface area contributed by atoms with Crippen LogP contribution in [0.2, 0.25) is 0 Å². The lowest BCUT2D eigenvalue weighted by Gasteiger charge is -2.27. The first-order valence-corrected chi connectivity index (χ1v) is 19.1. The number of hydroxylamine groups is 1. The summed E-state index contributed by atoms with van der Waals surface area (Å²) in [5.41, 5.74) is 4.69. The van der Waals surface area contributed by atoms with Crippen LogP contribution in [-0.2, 0) is 31.9 Å². The van der Waals surface area contributed by atoms with E-state index in [1.807, 2.05) is 5.38 Å². The molecule has 3 aromatic rings. The Morgan fingerprint density at radius 1 is 1.02 bits per heavy atom. The van der Waals surface area contributed by atoms with Crippen LogP contribution in [0.25, 0.3) is 0 Å². The van der Waals surface area contributed by atoms with Crippen LogP contribution in [0.3, 0.4) is 0 Å². The van der Waals surface area contributed by atoms with Crippen molar-refractivity contribution in [2.24, 2.45) is 16.9 Å². The molecular formula is C28H40N10O4S4. The van der Waals surface area contributed by atoms with Crippen molar-refractivity contribution in [3.8, 4) is 0 Å². The maximum atomic E-state index is 12.7. The quantitative estimate of drug-likeness (QED) is 0.0826. The average molecular weight is 709 g/mol. The Labute approximate surface area is 284 Å². The third kappa shape index (κ3) is 9.48. The summed E-state index contributed by atoms with van der Waals surface area (Å²) in [6.07, 6.45) is 5.24. The summed E-state index contributed by atoms with van der Waals surface area (Å²) in [6, 6.07) is 0. The van der Waals surface area contributed by atoms with Gasteiger partial charge in [0.25, 0.3) is 0 Å². The lowest BCUT2D eigenvalue weighted by Crippen LogP contribution is -2.36. The van der Waals surface area contributed by atoms with Gasteiger partial charge in [-0.25, -0.2) is 15.4 Å². The van der Waals surface area contributed by atoms with Crippen molar-refractivity contribution in [3.05, 3.63) is 27.2 Å². The Kier molecular flexibility index (Phi) is 12.3. The van der Waals surface area contributed by atoms with Crippen molar-refractivity contribution < 1.29 is 19.1 Å². The van der Waals surface area contributed by atoms with Gasteiger partial charge in [0, 0.05) is 55.0 Å². The van der Waals surface area contributed by atoms with E-state index in [4.69, 9.17) is 25.1 Å². The van der Waals surface area contributed by atoms with Crippen LogP contribution in [0, 0.1) is 5.92 Å². The molecular weight excluding hydrogens is 669 g/mol. The van der Waals surface area contributed by atoms with Crippen LogP contribution in [-0.4, -0.2) is 96.2 Å². The van der Waals surface area contributed by atoms with Crippen LogP contribution in [0.5, 0.6) is 0 Å². The molecule has 6 rings (SSSR count). The second kappa shape index (κ2) is 17.0. The minimum atomic E-state index is -0.132. The Bertz CT molecular complexity index is 1420. The molecule has 1 saturated carbocycles. The Morgan fingerprint density at radius 2 is 1.72 bits per heavy atom. The number of carbonyl (C=O) groups excluding carboxylic acids is 1. The van der Waals surface area contributed by atoms with Gasteiger partial charge in [0.1, 0.15) is 5.01 Å². The molecule has 3 fully saturated rings. The van der Waals surface area contributed by atoms with Crippen LogP contribution in [0.1, 0.15) is 48.0 Å². The Hall–Kier alpha value is -2.61. The highest BCUT2D eigenvalue weighted by Crippen LogP contribution is 2.39. The maximum absolute atomic E-state index is 12.7. The van der Waals surface area contributed by atoms with Crippen molar-refractivity contribution in [3.63, 3.8) is 0 Å². The molecule has 0 radical (unpaired) electrons. The Balaban J connectivity index is 0.892. The predicted molar refractivity (Wildman–Crippen MR) is 184 cm³/mol. The van der Waals surface area contributed by atoms with Gasteiger partial charge in [-0.1, -0.05) is 29.5 Å². The molecule has 1 amide bonds. The second-order valence-corrected chi connectivity index (χ2v) is 15.0. The highest BCUT2D eigenvalue weighted by atomic mass is 32.2. The fraction of sp³-hybridized carbons (Fsp3) is 0.643. The predicted octanol–water partition coefficient (Wildman–Crippen LogP) is 3.31. The van der Waals surface area contributed by atoms with Gasteiger partial charge in [0.15, 0.2) is 10.3 Å². The first-order valence-electron chi connectivity index (χ1n) is 15.6. The lowest BCUT2D eigenvalue weighted by molar-refractivity contribution is -0.115. The topological polar surface area (TPSA) is 165 Å². The van der Waals surface area contributed by atoms with E-state index in [2.05, 4.69) is 46.3 Å². The number of nitrogens with one attached hydrogen (secondary N) is 2. The number of hydrazone groups is 1. The third-order valence-corrected chi connectivity index (χ3v) is 12.0. The molecule has 0 unspecified atom stereocenters. The number of carbonyl (C=O) groups is 1. The molecule has 3 aromatic heterocycles. The number of aromatic nitrogens is 4. The molecule has 14 nitrogen and oxygen atoms in total. The van der Waals surface area contributed by atoms with Gasteiger partial charge in [-0.05, 0) is 25.2 Å². The molecule has 0 aromatic carbocycles. The number of ether oxygens (including phenoxy) is 2. The normalized spacial score (nSPS) is 21.0. The average Bonchev–Trinajstić information content (AvgIpc) is 3.87. The largest absolute Gasteiger partial charge is 0.378 e. The maximum Gasteiger partial charge on any atom is 0.232 e. The minimum Gasteiger partial charge on any atom is -0.378 e. The number of nitrogens with two attached hydrogens (primary N) is 1. The molecule has 2 atom stereocenters. The van der Waals surface area contributed by atoms with E-state index in [0.29, 0.717) is 48.4 Å². The number of morpholine rings is 2. The lowest BCUT2D eigenvalue weighted by atomic mass is 9.83. The smallest absolute Gasteiger partial charge is 0.232 e. The molecule has 4 N–H and O–H groups in total. The number of anilines is 3. The van der Waals surface area contributed by atoms with Crippen LogP contribution in [0.4, 0.5) is 15.4 Å². The molecule has 3 aliphatic rings. The Morgan fingerprint density at radius 3 is 2.43 bits per heavy atom. The zero-order chi connectivity index (χ0) is 31.6. The van der Waals surface area contributed by atoms with E-state index in [-0.39, 0.29) is 12.3 Å². The van der Waals surface area contributed by atoms with E-state index in [0.717, 1.165) is 97.5 Å². The van der Waals surface area contributed by atoms with Crippen LogP contribution in [0.15, 0.2) is 15.9 Å². The van der Waals surface area contributed by atoms with Gasteiger partial charge in [0.05, 0.1) is 50.8 Å².